The van der Waals surface area contributed by atoms with Crippen molar-refractivity contribution in [1.29, 1.82) is 0 Å². The van der Waals surface area contributed by atoms with Crippen LogP contribution >= 0.6 is 22.9 Å². The Labute approximate surface area is 88.8 Å². The number of fused-ring (bicyclic) bond motifs is 1. The first kappa shape index (κ1) is 9.21. The lowest BCUT2D eigenvalue weighted by atomic mass is 9.92. The van der Waals surface area contributed by atoms with E-state index in [9.17, 15) is 0 Å². The minimum absolute atomic E-state index is 0.876. The second-order valence-electron chi connectivity index (χ2n) is 3.93. The number of hydrogen-bond acceptors (Lipinski definition) is 2. The number of likely N-dealkylation sites (tertiary alicyclic amines) is 1. The van der Waals surface area contributed by atoms with E-state index in [0.29, 0.717) is 0 Å². The van der Waals surface area contributed by atoms with Crippen molar-refractivity contribution >= 4 is 22.9 Å². The lowest BCUT2D eigenvalue weighted by Gasteiger charge is -2.36. The Morgan fingerprint density at radius 2 is 2.25 bits per heavy atom. The van der Waals surface area contributed by atoms with Crippen LogP contribution in [0, 0.1) is 5.92 Å². The van der Waals surface area contributed by atoms with E-state index in [1.165, 1.54) is 39.0 Å². The van der Waals surface area contributed by atoms with E-state index in [1.807, 2.05) is 0 Å². The first-order chi connectivity index (χ1) is 5.81. The zero-order valence-corrected chi connectivity index (χ0v) is 9.83. The van der Waals surface area contributed by atoms with E-state index in [2.05, 4.69) is 37.8 Å². The van der Waals surface area contributed by atoms with Gasteiger partial charge in [0.1, 0.15) is 0 Å². The molecule has 0 aliphatic carbocycles. The number of nitrogens with zero attached hydrogens (tertiary/aromatic N) is 2. The van der Waals surface area contributed by atoms with Gasteiger partial charge >= 0.3 is 0 Å². The summed E-state index contributed by atoms with van der Waals surface area (Å²) in [6.07, 6.45) is 2.88. The maximum atomic E-state index is 2.66. The second-order valence-corrected chi connectivity index (χ2v) is 5.29. The predicted octanol–water partition coefficient (Wildman–Crippen LogP) is 1.75. The maximum Gasteiger partial charge on any atom is 0.0271 e. The van der Waals surface area contributed by atoms with E-state index in [-0.39, 0.29) is 0 Å². The van der Waals surface area contributed by atoms with Gasteiger partial charge in [-0.1, -0.05) is 6.92 Å². The summed E-state index contributed by atoms with van der Waals surface area (Å²) in [6, 6.07) is 0.876. The van der Waals surface area contributed by atoms with Crippen molar-refractivity contribution in [3.05, 3.63) is 0 Å². The van der Waals surface area contributed by atoms with Crippen molar-refractivity contribution < 1.29 is 0 Å². The van der Waals surface area contributed by atoms with Crippen LogP contribution < -0.4 is 0 Å². The molecular weight excluding hydrogens is 263 g/mol. The minimum Gasteiger partial charge on any atom is -0.299 e. The molecule has 0 bridgehead atoms. The van der Waals surface area contributed by atoms with Crippen molar-refractivity contribution in [2.75, 3.05) is 26.2 Å². The lowest BCUT2D eigenvalue weighted by Crippen LogP contribution is -2.44. The Morgan fingerprint density at radius 1 is 1.42 bits per heavy atom. The van der Waals surface area contributed by atoms with E-state index in [1.54, 1.807) is 0 Å². The third kappa shape index (κ3) is 1.63. The molecule has 0 aromatic rings. The molecule has 2 aliphatic rings. The summed E-state index contributed by atoms with van der Waals surface area (Å²) in [4.78, 5) is 2.66. The normalized spacial score (nSPS) is 38.5. The maximum absolute atomic E-state index is 2.66. The monoisotopic (exact) mass is 280 g/mol. The van der Waals surface area contributed by atoms with Crippen molar-refractivity contribution in [2.45, 2.75) is 25.8 Å². The largest absolute Gasteiger partial charge is 0.299 e. The first-order valence-corrected chi connectivity index (χ1v) is 5.92. The molecule has 0 spiro atoms. The van der Waals surface area contributed by atoms with Gasteiger partial charge in [-0.3, -0.25) is 4.90 Å². The van der Waals surface area contributed by atoms with Crippen LogP contribution in [-0.4, -0.2) is 40.2 Å². The molecule has 0 aromatic carbocycles. The highest BCUT2D eigenvalue weighted by atomic mass is 127. The van der Waals surface area contributed by atoms with Crippen LogP contribution in [0.15, 0.2) is 0 Å². The molecule has 3 heteroatoms. The average molecular weight is 280 g/mol. The fourth-order valence-electron chi connectivity index (χ4n) is 2.62. The van der Waals surface area contributed by atoms with Gasteiger partial charge in [0, 0.05) is 42.0 Å². The van der Waals surface area contributed by atoms with E-state index in [4.69, 9.17) is 0 Å². The summed E-state index contributed by atoms with van der Waals surface area (Å²) < 4.78 is 2.46. The van der Waals surface area contributed by atoms with Gasteiger partial charge in [0.15, 0.2) is 0 Å². The number of likely N-dealkylation sites (N-methyl/N-ethyl adjacent to an activating group) is 1. The molecule has 2 saturated heterocycles. The molecule has 0 radical (unpaired) electrons. The molecule has 70 valence electrons. The topological polar surface area (TPSA) is 6.48 Å². The molecule has 2 nitrogen and oxygen atoms in total. The van der Waals surface area contributed by atoms with Crippen LogP contribution in [0.25, 0.3) is 0 Å². The molecule has 2 unspecified atom stereocenters. The van der Waals surface area contributed by atoms with E-state index < -0.39 is 0 Å². The van der Waals surface area contributed by atoms with Crippen LogP contribution in [0.3, 0.4) is 0 Å². The Kier molecular flexibility index (Phi) is 2.92. The van der Waals surface area contributed by atoms with Crippen LogP contribution in [0.5, 0.6) is 0 Å². The van der Waals surface area contributed by atoms with Crippen molar-refractivity contribution in [3.8, 4) is 0 Å². The average Bonchev–Trinajstić information content (AvgIpc) is 2.44. The summed E-state index contributed by atoms with van der Waals surface area (Å²) in [6.45, 7) is 7.48. The third-order valence-corrected chi connectivity index (χ3v) is 4.05. The van der Waals surface area contributed by atoms with Gasteiger partial charge in [-0.2, -0.15) is 0 Å². The number of piperidine rings is 1. The molecule has 2 atom stereocenters. The summed E-state index contributed by atoms with van der Waals surface area (Å²) in [5.41, 5.74) is 0. The van der Waals surface area contributed by atoms with Crippen LogP contribution in [-0.2, 0) is 0 Å². The summed E-state index contributed by atoms with van der Waals surface area (Å²) in [5, 5.41) is 0. The Morgan fingerprint density at radius 3 is 3.00 bits per heavy atom. The first-order valence-electron chi connectivity index (χ1n) is 4.96. The van der Waals surface area contributed by atoms with Gasteiger partial charge in [0.2, 0.25) is 0 Å². The molecule has 2 fully saturated rings. The number of rotatable bonds is 1. The molecule has 2 aliphatic heterocycles. The van der Waals surface area contributed by atoms with Gasteiger partial charge in [0.25, 0.3) is 0 Å². The Hall–Kier alpha value is 0.650. The van der Waals surface area contributed by atoms with Gasteiger partial charge in [0.05, 0.1) is 0 Å². The van der Waals surface area contributed by atoms with Crippen molar-refractivity contribution in [1.82, 2.24) is 8.01 Å². The quantitative estimate of drug-likeness (QED) is 0.533. The molecule has 0 saturated carbocycles. The smallest absolute Gasteiger partial charge is 0.0271 e. The van der Waals surface area contributed by atoms with Crippen molar-refractivity contribution in [2.24, 2.45) is 5.92 Å². The zero-order valence-electron chi connectivity index (χ0n) is 7.67. The lowest BCUT2D eigenvalue weighted by molar-refractivity contribution is 0.132. The SMILES string of the molecule is CCN1CCCC2CN(I)CC21. The molecule has 2 rings (SSSR count). The number of hydrogen-bond donors (Lipinski definition) is 0. The second kappa shape index (κ2) is 3.80. The van der Waals surface area contributed by atoms with Gasteiger partial charge < -0.3 is 0 Å². The molecular formula is C9H17IN2. The standard InChI is InChI=1S/C9H17IN2/c1-2-11-5-3-4-8-6-12(10)7-9(8)11/h8-9H,2-7H2,1H3. The Bertz CT molecular complexity index is 157. The highest BCUT2D eigenvalue weighted by molar-refractivity contribution is 14.1. The fraction of sp³-hybridized carbons (Fsp3) is 1.00. The van der Waals surface area contributed by atoms with Gasteiger partial charge in [-0.15, -0.1) is 0 Å². The molecule has 0 amide bonds. The zero-order chi connectivity index (χ0) is 8.55. The van der Waals surface area contributed by atoms with Crippen LogP contribution in [0.1, 0.15) is 19.8 Å². The molecule has 0 aromatic heterocycles. The van der Waals surface area contributed by atoms with Gasteiger partial charge in [-0.05, 0) is 31.8 Å². The highest BCUT2D eigenvalue weighted by Gasteiger charge is 2.37. The van der Waals surface area contributed by atoms with Gasteiger partial charge in [-0.25, -0.2) is 3.11 Å². The van der Waals surface area contributed by atoms with Crippen LogP contribution in [0.2, 0.25) is 0 Å². The fourth-order valence-corrected chi connectivity index (χ4v) is 3.52. The molecule has 0 N–H and O–H groups in total. The third-order valence-electron chi connectivity index (χ3n) is 3.26. The number of halogens is 1. The summed E-state index contributed by atoms with van der Waals surface area (Å²) in [5.74, 6) is 0.968. The minimum atomic E-state index is 0.876. The Balaban J connectivity index is 2.02. The van der Waals surface area contributed by atoms with E-state index >= 15 is 0 Å². The summed E-state index contributed by atoms with van der Waals surface area (Å²) in [7, 11) is 0. The molecule has 12 heavy (non-hydrogen) atoms. The van der Waals surface area contributed by atoms with Crippen LogP contribution in [0.4, 0.5) is 0 Å². The predicted molar refractivity (Wildman–Crippen MR) is 59.4 cm³/mol. The highest BCUT2D eigenvalue weighted by Crippen LogP contribution is 2.31. The van der Waals surface area contributed by atoms with Crippen molar-refractivity contribution in [3.63, 3.8) is 0 Å². The molecule has 2 heterocycles. The summed E-state index contributed by atoms with van der Waals surface area (Å²) >= 11 is 2.47. The van der Waals surface area contributed by atoms with E-state index in [0.717, 1.165) is 12.0 Å².